The Labute approximate surface area is 81.9 Å². The van der Waals surface area contributed by atoms with Gasteiger partial charge in [-0.3, -0.25) is 4.90 Å². The average molecular weight is 185 g/mol. The Morgan fingerprint density at radius 2 is 2.08 bits per heavy atom. The highest BCUT2D eigenvalue weighted by atomic mass is 16.3. The van der Waals surface area contributed by atoms with Crippen LogP contribution in [0.15, 0.2) is 0 Å². The summed E-state index contributed by atoms with van der Waals surface area (Å²) in [7, 11) is 0. The Morgan fingerprint density at radius 3 is 2.62 bits per heavy atom. The number of rotatable bonds is 3. The molecule has 0 aromatic rings. The summed E-state index contributed by atoms with van der Waals surface area (Å²) in [5.74, 6) is 0. The third-order valence-electron chi connectivity index (χ3n) is 2.97. The predicted molar refractivity (Wildman–Crippen MR) is 55.8 cm³/mol. The summed E-state index contributed by atoms with van der Waals surface area (Å²) in [5.41, 5.74) is 0.395. The van der Waals surface area contributed by atoms with Crippen molar-refractivity contribution in [1.29, 1.82) is 0 Å². The van der Waals surface area contributed by atoms with Crippen LogP contribution in [0.3, 0.4) is 0 Å². The van der Waals surface area contributed by atoms with Crippen LogP contribution < -0.4 is 0 Å². The van der Waals surface area contributed by atoms with Gasteiger partial charge >= 0.3 is 0 Å². The van der Waals surface area contributed by atoms with Crippen molar-refractivity contribution in [3.05, 3.63) is 0 Å². The minimum Gasteiger partial charge on any atom is -0.396 e. The molecular weight excluding hydrogens is 162 g/mol. The van der Waals surface area contributed by atoms with Crippen molar-refractivity contribution < 1.29 is 5.11 Å². The van der Waals surface area contributed by atoms with Gasteiger partial charge in [0.15, 0.2) is 0 Å². The number of aliphatic hydroxyl groups excluding tert-OH is 1. The summed E-state index contributed by atoms with van der Waals surface area (Å²) >= 11 is 0. The molecule has 1 aliphatic rings. The molecule has 0 aromatic heterocycles. The van der Waals surface area contributed by atoms with Crippen molar-refractivity contribution >= 4 is 0 Å². The fourth-order valence-corrected chi connectivity index (χ4v) is 2.35. The van der Waals surface area contributed by atoms with Crippen molar-refractivity contribution in [2.75, 3.05) is 19.7 Å². The molecule has 1 fully saturated rings. The quantitative estimate of drug-likeness (QED) is 0.725. The molecule has 1 aliphatic heterocycles. The molecule has 0 bridgehead atoms. The number of likely N-dealkylation sites (tertiary alicyclic amines) is 1. The summed E-state index contributed by atoms with van der Waals surface area (Å²) in [6.45, 7) is 9.56. The first-order chi connectivity index (χ1) is 6.05. The van der Waals surface area contributed by atoms with Crippen molar-refractivity contribution in [1.82, 2.24) is 4.90 Å². The maximum Gasteiger partial charge on any atom is 0.0443 e. The Hall–Kier alpha value is -0.0800. The molecule has 1 heterocycles. The van der Waals surface area contributed by atoms with Gasteiger partial charge in [0.05, 0.1) is 0 Å². The van der Waals surface area contributed by atoms with Crippen LogP contribution in [-0.4, -0.2) is 35.7 Å². The molecule has 0 unspecified atom stereocenters. The molecule has 1 atom stereocenters. The van der Waals surface area contributed by atoms with Gasteiger partial charge in [0.1, 0.15) is 0 Å². The molecule has 2 heteroatoms. The summed E-state index contributed by atoms with van der Waals surface area (Å²) < 4.78 is 0. The number of nitrogens with zero attached hydrogens (tertiary/aromatic N) is 1. The van der Waals surface area contributed by atoms with Crippen LogP contribution in [-0.2, 0) is 0 Å². The van der Waals surface area contributed by atoms with Crippen molar-refractivity contribution in [2.24, 2.45) is 5.41 Å². The SMILES string of the molecule is CC(C)(C)[C@@H]1CCCN1CCCO. The van der Waals surface area contributed by atoms with E-state index in [0.717, 1.165) is 19.0 Å². The number of hydrogen-bond acceptors (Lipinski definition) is 2. The highest BCUT2D eigenvalue weighted by Gasteiger charge is 2.33. The van der Waals surface area contributed by atoms with Crippen LogP contribution in [0, 0.1) is 5.41 Å². The molecule has 0 aliphatic carbocycles. The molecule has 0 radical (unpaired) electrons. The maximum atomic E-state index is 8.79. The highest BCUT2D eigenvalue weighted by molar-refractivity contribution is 4.87. The monoisotopic (exact) mass is 185 g/mol. The minimum absolute atomic E-state index is 0.327. The fourth-order valence-electron chi connectivity index (χ4n) is 2.35. The van der Waals surface area contributed by atoms with Crippen LogP contribution in [0.5, 0.6) is 0 Å². The summed E-state index contributed by atoms with van der Waals surface area (Å²) in [5, 5.41) is 8.79. The van der Waals surface area contributed by atoms with E-state index in [1.165, 1.54) is 19.4 Å². The van der Waals surface area contributed by atoms with Crippen molar-refractivity contribution in [2.45, 2.75) is 46.1 Å². The van der Waals surface area contributed by atoms with E-state index in [4.69, 9.17) is 5.11 Å². The molecule has 1 rings (SSSR count). The average Bonchev–Trinajstić information content (AvgIpc) is 2.47. The van der Waals surface area contributed by atoms with Gasteiger partial charge in [-0.2, -0.15) is 0 Å². The van der Waals surface area contributed by atoms with E-state index in [1.807, 2.05) is 0 Å². The van der Waals surface area contributed by atoms with Crippen LogP contribution in [0.4, 0.5) is 0 Å². The zero-order chi connectivity index (χ0) is 9.90. The number of hydrogen-bond donors (Lipinski definition) is 1. The van der Waals surface area contributed by atoms with E-state index < -0.39 is 0 Å². The lowest BCUT2D eigenvalue weighted by molar-refractivity contribution is 0.130. The molecule has 1 saturated heterocycles. The van der Waals surface area contributed by atoms with E-state index >= 15 is 0 Å². The lowest BCUT2D eigenvalue weighted by Crippen LogP contribution is -2.40. The second kappa shape index (κ2) is 4.43. The second-order valence-electron chi connectivity index (χ2n) is 5.14. The Balaban J connectivity index is 2.44. The topological polar surface area (TPSA) is 23.5 Å². The molecule has 0 saturated carbocycles. The maximum absolute atomic E-state index is 8.79. The van der Waals surface area contributed by atoms with Gasteiger partial charge in [-0.05, 0) is 31.2 Å². The van der Waals surface area contributed by atoms with Gasteiger partial charge in [0.25, 0.3) is 0 Å². The van der Waals surface area contributed by atoms with Crippen LogP contribution in [0.25, 0.3) is 0 Å². The van der Waals surface area contributed by atoms with E-state index in [9.17, 15) is 0 Å². The molecule has 2 nitrogen and oxygen atoms in total. The zero-order valence-corrected chi connectivity index (χ0v) is 9.21. The van der Waals surface area contributed by atoms with E-state index in [0.29, 0.717) is 12.0 Å². The lowest BCUT2D eigenvalue weighted by atomic mass is 9.85. The van der Waals surface area contributed by atoms with Crippen LogP contribution in [0.2, 0.25) is 0 Å². The molecule has 1 N–H and O–H groups in total. The predicted octanol–water partition coefficient (Wildman–Crippen LogP) is 1.88. The van der Waals surface area contributed by atoms with Crippen LogP contribution >= 0.6 is 0 Å². The standard InChI is InChI=1S/C11H23NO/c1-11(2,3)10-6-4-7-12(10)8-5-9-13/h10,13H,4-9H2,1-3H3/t10-/m0/s1. The fraction of sp³-hybridized carbons (Fsp3) is 1.00. The van der Waals surface area contributed by atoms with Gasteiger partial charge in [-0.15, -0.1) is 0 Å². The van der Waals surface area contributed by atoms with Gasteiger partial charge in [0.2, 0.25) is 0 Å². The smallest absolute Gasteiger partial charge is 0.0443 e. The molecule has 78 valence electrons. The van der Waals surface area contributed by atoms with Crippen molar-refractivity contribution in [3.63, 3.8) is 0 Å². The largest absolute Gasteiger partial charge is 0.396 e. The summed E-state index contributed by atoms with van der Waals surface area (Å²) in [6.07, 6.45) is 3.58. The molecule has 0 aromatic carbocycles. The zero-order valence-electron chi connectivity index (χ0n) is 9.21. The minimum atomic E-state index is 0.327. The van der Waals surface area contributed by atoms with E-state index in [1.54, 1.807) is 0 Å². The Bertz CT molecular complexity index is 151. The van der Waals surface area contributed by atoms with Gasteiger partial charge < -0.3 is 5.11 Å². The first kappa shape index (κ1) is 11.0. The first-order valence-corrected chi connectivity index (χ1v) is 5.40. The van der Waals surface area contributed by atoms with Crippen LogP contribution in [0.1, 0.15) is 40.0 Å². The molecule has 0 spiro atoms. The van der Waals surface area contributed by atoms with E-state index in [2.05, 4.69) is 25.7 Å². The van der Waals surface area contributed by atoms with Crippen molar-refractivity contribution in [3.8, 4) is 0 Å². The Morgan fingerprint density at radius 1 is 1.38 bits per heavy atom. The second-order valence-corrected chi connectivity index (χ2v) is 5.14. The number of aliphatic hydroxyl groups is 1. The molecular formula is C11H23NO. The van der Waals surface area contributed by atoms with Gasteiger partial charge in [-0.25, -0.2) is 0 Å². The normalized spacial score (nSPS) is 25.4. The third-order valence-corrected chi connectivity index (χ3v) is 2.97. The van der Waals surface area contributed by atoms with Gasteiger partial charge in [-0.1, -0.05) is 20.8 Å². The highest BCUT2D eigenvalue weighted by Crippen LogP contribution is 2.32. The Kier molecular flexibility index (Phi) is 3.74. The lowest BCUT2D eigenvalue weighted by Gasteiger charge is -2.35. The third kappa shape index (κ3) is 2.96. The first-order valence-electron chi connectivity index (χ1n) is 5.40. The van der Waals surface area contributed by atoms with E-state index in [-0.39, 0.29) is 0 Å². The van der Waals surface area contributed by atoms with Gasteiger partial charge in [0, 0.05) is 19.2 Å². The summed E-state index contributed by atoms with van der Waals surface area (Å²) in [6, 6.07) is 0.721. The molecule has 0 amide bonds. The molecule has 13 heavy (non-hydrogen) atoms. The summed E-state index contributed by atoms with van der Waals surface area (Å²) in [4.78, 5) is 2.54.